The Labute approximate surface area is 115 Å². The minimum atomic E-state index is -0.758. The molecule has 20 heavy (non-hydrogen) atoms. The van der Waals surface area contributed by atoms with Gasteiger partial charge in [0.2, 0.25) is 0 Å². The Kier molecular flexibility index (Phi) is 4.55. The van der Waals surface area contributed by atoms with Crippen molar-refractivity contribution in [2.45, 2.75) is 0 Å². The van der Waals surface area contributed by atoms with Crippen LogP contribution in [0, 0.1) is 5.82 Å². The number of nitrogens with one attached hydrogen (secondary N) is 1. The number of aromatic hydroxyl groups is 1. The molecule has 0 fully saturated rings. The van der Waals surface area contributed by atoms with E-state index in [2.05, 4.69) is 5.32 Å². The molecule has 104 valence electrons. The van der Waals surface area contributed by atoms with Crippen molar-refractivity contribution in [2.75, 3.05) is 13.2 Å². The number of rotatable bonds is 5. The van der Waals surface area contributed by atoms with Crippen LogP contribution in [-0.4, -0.2) is 24.2 Å². The fourth-order valence-corrected chi connectivity index (χ4v) is 1.68. The molecule has 2 N–H and O–H groups in total. The first-order valence-electron chi connectivity index (χ1n) is 6.12. The Bertz CT molecular complexity index is 567. The molecule has 0 heterocycles. The van der Waals surface area contributed by atoms with E-state index in [9.17, 15) is 14.3 Å². The summed E-state index contributed by atoms with van der Waals surface area (Å²) in [4.78, 5) is 11.7. The molecule has 2 rings (SSSR count). The molecule has 2 aromatic carbocycles. The molecule has 0 atom stereocenters. The minimum Gasteiger partial charge on any atom is -0.507 e. The van der Waals surface area contributed by atoms with Crippen molar-refractivity contribution in [2.24, 2.45) is 0 Å². The van der Waals surface area contributed by atoms with Crippen molar-refractivity contribution in [3.8, 4) is 11.5 Å². The SMILES string of the molecule is O=C(NCCOc1ccccc1)c1c(O)cccc1F. The first kappa shape index (κ1) is 13.9. The zero-order chi connectivity index (χ0) is 14.4. The van der Waals surface area contributed by atoms with Crippen LogP contribution in [0.25, 0.3) is 0 Å². The molecule has 0 aliphatic heterocycles. The quantitative estimate of drug-likeness (QED) is 0.823. The highest BCUT2D eigenvalue weighted by atomic mass is 19.1. The summed E-state index contributed by atoms with van der Waals surface area (Å²) < 4.78 is 18.8. The number of hydrogen-bond acceptors (Lipinski definition) is 3. The molecule has 1 amide bonds. The van der Waals surface area contributed by atoms with Crippen molar-refractivity contribution in [3.63, 3.8) is 0 Å². The van der Waals surface area contributed by atoms with Gasteiger partial charge in [-0.05, 0) is 24.3 Å². The summed E-state index contributed by atoms with van der Waals surface area (Å²) in [5, 5.41) is 12.0. The molecule has 2 aromatic rings. The van der Waals surface area contributed by atoms with Crippen molar-refractivity contribution in [1.29, 1.82) is 0 Å². The van der Waals surface area contributed by atoms with Crippen molar-refractivity contribution < 1.29 is 19.0 Å². The fraction of sp³-hybridized carbons (Fsp3) is 0.133. The number of phenols is 1. The predicted octanol–water partition coefficient (Wildman–Crippen LogP) is 2.34. The Morgan fingerprint density at radius 1 is 1.15 bits per heavy atom. The van der Waals surface area contributed by atoms with Gasteiger partial charge >= 0.3 is 0 Å². The van der Waals surface area contributed by atoms with Gasteiger partial charge in [-0.3, -0.25) is 4.79 Å². The Balaban J connectivity index is 1.84. The molecule has 0 radical (unpaired) electrons. The average Bonchev–Trinajstić information content (AvgIpc) is 2.44. The van der Waals surface area contributed by atoms with Crippen LogP contribution in [0.3, 0.4) is 0 Å². The topological polar surface area (TPSA) is 58.6 Å². The average molecular weight is 275 g/mol. The maximum Gasteiger partial charge on any atom is 0.258 e. The Hall–Kier alpha value is -2.56. The summed E-state index contributed by atoms with van der Waals surface area (Å²) in [6, 6.07) is 12.9. The summed E-state index contributed by atoms with van der Waals surface area (Å²) in [7, 11) is 0. The largest absolute Gasteiger partial charge is 0.507 e. The molecule has 0 spiro atoms. The van der Waals surface area contributed by atoms with Crippen LogP contribution < -0.4 is 10.1 Å². The van der Waals surface area contributed by atoms with E-state index >= 15 is 0 Å². The molecule has 0 aliphatic rings. The van der Waals surface area contributed by atoms with Gasteiger partial charge in [0.25, 0.3) is 5.91 Å². The van der Waals surface area contributed by atoms with Gasteiger partial charge in [-0.15, -0.1) is 0 Å². The van der Waals surface area contributed by atoms with E-state index in [1.807, 2.05) is 18.2 Å². The monoisotopic (exact) mass is 275 g/mol. The van der Waals surface area contributed by atoms with Crippen LogP contribution in [-0.2, 0) is 0 Å². The second-order valence-electron chi connectivity index (χ2n) is 4.05. The molecule has 5 heteroatoms. The lowest BCUT2D eigenvalue weighted by molar-refractivity contribution is 0.0940. The summed E-state index contributed by atoms with van der Waals surface area (Å²) in [5.74, 6) is -1.12. The number of amides is 1. The number of phenolic OH excluding ortho intramolecular Hbond substituents is 1. The highest BCUT2D eigenvalue weighted by Crippen LogP contribution is 2.19. The zero-order valence-corrected chi connectivity index (χ0v) is 10.7. The van der Waals surface area contributed by atoms with Crippen LogP contribution in [0.1, 0.15) is 10.4 Å². The van der Waals surface area contributed by atoms with Gasteiger partial charge in [-0.2, -0.15) is 0 Å². The summed E-state index contributed by atoms with van der Waals surface area (Å²) in [6.45, 7) is 0.465. The molecule has 0 unspecified atom stereocenters. The van der Waals surface area contributed by atoms with Gasteiger partial charge in [0.1, 0.15) is 29.5 Å². The van der Waals surface area contributed by atoms with Crippen molar-refractivity contribution >= 4 is 5.91 Å². The lowest BCUT2D eigenvalue weighted by Crippen LogP contribution is -2.28. The maximum atomic E-state index is 13.4. The third-order valence-corrected chi connectivity index (χ3v) is 2.62. The van der Waals surface area contributed by atoms with Gasteiger partial charge in [-0.1, -0.05) is 24.3 Å². The van der Waals surface area contributed by atoms with E-state index in [0.717, 1.165) is 6.07 Å². The normalized spacial score (nSPS) is 10.1. The van der Waals surface area contributed by atoms with E-state index < -0.39 is 11.7 Å². The van der Waals surface area contributed by atoms with Gasteiger partial charge < -0.3 is 15.2 Å². The highest BCUT2D eigenvalue weighted by Gasteiger charge is 2.15. The van der Waals surface area contributed by atoms with Crippen LogP contribution in [0.4, 0.5) is 4.39 Å². The number of hydrogen-bond donors (Lipinski definition) is 2. The molecule has 0 aliphatic carbocycles. The van der Waals surface area contributed by atoms with E-state index in [1.165, 1.54) is 12.1 Å². The second kappa shape index (κ2) is 6.56. The van der Waals surface area contributed by atoms with Gasteiger partial charge in [-0.25, -0.2) is 4.39 Å². The molecule has 4 nitrogen and oxygen atoms in total. The van der Waals surface area contributed by atoms with Gasteiger partial charge in [0.05, 0.1) is 6.54 Å². The third-order valence-electron chi connectivity index (χ3n) is 2.62. The summed E-state index contributed by atoms with van der Waals surface area (Å²) in [6.07, 6.45) is 0. The first-order chi connectivity index (χ1) is 9.68. The van der Waals surface area contributed by atoms with Crippen molar-refractivity contribution in [3.05, 3.63) is 59.9 Å². The lowest BCUT2D eigenvalue weighted by Gasteiger charge is -2.09. The van der Waals surface area contributed by atoms with E-state index in [0.29, 0.717) is 5.75 Å². The summed E-state index contributed by atoms with van der Waals surface area (Å²) >= 11 is 0. The lowest BCUT2D eigenvalue weighted by atomic mass is 10.2. The number of para-hydroxylation sites is 1. The predicted molar refractivity (Wildman–Crippen MR) is 72.3 cm³/mol. The second-order valence-corrected chi connectivity index (χ2v) is 4.05. The maximum absolute atomic E-state index is 13.4. The number of carbonyl (C=O) groups is 1. The minimum absolute atomic E-state index is 0.210. The fourth-order valence-electron chi connectivity index (χ4n) is 1.68. The molecule has 0 aromatic heterocycles. The molecular formula is C15H14FNO3. The van der Waals surface area contributed by atoms with E-state index in [4.69, 9.17) is 4.74 Å². The Morgan fingerprint density at radius 2 is 1.90 bits per heavy atom. The van der Waals surface area contributed by atoms with Crippen molar-refractivity contribution in [1.82, 2.24) is 5.32 Å². The number of ether oxygens (including phenoxy) is 1. The van der Waals surface area contributed by atoms with E-state index in [1.54, 1.807) is 12.1 Å². The van der Waals surface area contributed by atoms with Gasteiger partial charge in [0.15, 0.2) is 0 Å². The standard InChI is InChI=1S/C15H14FNO3/c16-12-7-4-8-13(18)14(12)15(19)17-9-10-20-11-5-2-1-3-6-11/h1-8,18H,9-10H2,(H,17,19). The number of halogens is 1. The molecule has 0 saturated heterocycles. The first-order valence-corrected chi connectivity index (χ1v) is 6.12. The Morgan fingerprint density at radius 3 is 2.60 bits per heavy atom. The van der Waals surface area contributed by atoms with Crippen LogP contribution in [0.2, 0.25) is 0 Å². The van der Waals surface area contributed by atoms with Crippen LogP contribution in [0.15, 0.2) is 48.5 Å². The third kappa shape index (κ3) is 3.47. The smallest absolute Gasteiger partial charge is 0.258 e. The molecule has 0 saturated carbocycles. The number of benzene rings is 2. The van der Waals surface area contributed by atoms with Crippen LogP contribution in [0.5, 0.6) is 11.5 Å². The van der Waals surface area contributed by atoms with E-state index in [-0.39, 0.29) is 24.5 Å². The van der Waals surface area contributed by atoms with Crippen LogP contribution >= 0.6 is 0 Å². The number of carbonyl (C=O) groups excluding carboxylic acids is 1. The highest BCUT2D eigenvalue weighted by molar-refractivity contribution is 5.97. The van der Waals surface area contributed by atoms with Gasteiger partial charge in [0, 0.05) is 0 Å². The molecule has 0 bridgehead atoms. The zero-order valence-electron chi connectivity index (χ0n) is 10.7. The molecular weight excluding hydrogens is 261 g/mol. The summed E-state index contributed by atoms with van der Waals surface area (Å²) in [5.41, 5.74) is -0.354.